The van der Waals surface area contributed by atoms with Crippen LogP contribution in [-0.2, 0) is 0 Å². The van der Waals surface area contributed by atoms with Crippen molar-refractivity contribution in [2.45, 2.75) is 32.6 Å². The molecule has 0 atom stereocenters. The number of anilines is 3. The van der Waals surface area contributed by atoms with Gasteiger partial charge in [-0.05, 0) is 48.6 Å². The Labute approximate surface area is 182 Å². The van der Waals surface area contributed by atoms with E-state index in [1.807, 2.05) is 24.3 Å². The molecule has 0 unspecified atom stereocenters. The van der Waals surface area contributed by atoms with Crippen molar-refractivity contribution in [2.75, 3.05) is 28.6 Å². The Kier molecular flexibility index (Phi) is 6.16. The molecule has 2 amide bonds. The largest absolute Gasteiger partial charge is 0.355 e. The van der Waals surface area contributed by atoms with Crippen molar-refractivity contribution in [3.8, 4) is 11.1 Å². The molecule has 1 aromatic heterocycles. The average molecular weight is 419 g/mol. The summed E-state index contributed by atoms with van der Waals surface area (Å²) in [6.45, 7) is 5.98. The van der Waals surface area contributed by atoms with Gasteiger partial charge in [0.25, 0.3) is 0 Å². The predicted molar refractivity (Wildman–Crippen MR) is 124 cm³/mol. The standard InChI is InChI=1S/C25H27FN4O/c1-17(2)18-9-11-19(12-10-18)28-25(31)29-23-21(20-7-3-4-8-22(20)26)13-14-27-24(23)30-15-5-6-16-30/h3-4,7-14,17H,5-6,15-16H2,1-2H3,(H2,28,29,31). The van der Waals surface area contributed by atoms with Crippen molar-refractivity contribution in [2.24, 2.45) is 0 Å². The Morgan fingerprint density at radius 2 is 1.68 bits per heavy atom. The number of hydrogen-bond acceptors (Lipinski definition) is 3. The van der Waals surface area contributed by atoms with Crippen molar-refractivity contribution < 1.29 is 9.18 Å². The highest BCUT2D eigenvalue weighted by Crippen LogP contribution is 2.37. The number of carbonyl (C=O) groups is 1. The number of nitrogens with zero attached hydrogens (tertiary/aromatic N) is 2. The van der Waals surface area contributed by atoms with Crippen LogP contribution in [0.4, 0.5) is 26.4 Å². The van der Waals surface area contributed by atoms with E-state index in [0.29, 0.717) is 34.2 Å². The molecule has 0 radical (unpaired) electrons. The highest BCUT2D eigenvalue weighted by atomic mass is 19.1. The van der Waals surface area contributed by atoms with Gasteiger partial charge in [0, 0.05) is 36.1 Å². The van der Waals surface area contributed by atoms with E-state index >= 15 is 0 Å². The number of aromatic nitrogens is 1. The van der Waals surface area contributed by atoms with Crippen LogP contribution < -0.4 is 15.5 Å². The zero-order chi connectivity index (χ0) is 21.8. The van der Waals surface area contributed by atoms with Gasteiger partial charge in [0.1, 0.15) is 5.82 Å². The third-order valence-corrected chi connectivity index (χ3v) is 5.57. The Hall–Kier alpha value is -3.41. The van der Waals surface area contributed by atoms with Gasteiger partial charge in [0.05, 0.1) is 5.69 Å². The summed E-state index contributed by atoms with van der Waals surface area (Å²) in [6, 6.07) is 15.7. The number of pyridine rings is 1. The molecule has 2 aromatic carbocycles. The maximum atomic E-state index is 14.6. The van der Waals surface area contributed by atoms with E-state index in [2.05, 4.69) is 34.4 Å². The van der Waals surface area contributed by atoms with E-state index in [9.17, 15) is 9.18 Å². The van der Waals surface area contributed by atoms with Crippen LogP contribution in [-0.4, -0.2) is 24.1 Å². The molecule has 1 aliphatic rings. The molecule has 0 bridgehead atoms. The maximum absolute atomic E-state index is 14.6. The minimum absolute atomic E-state index is 0.339. The van der Waals surface area contributed by atoms with Crippen LogP contribution in [0.3, 0.4) is 0 Å². The van der Waals surface area contributed by atoms with Gasteiger partial charge in [0.2, 0.25) is 0 Å². The van der Waals surface area contributed by atoms with Crippen LogP contribution >= 0.6 is 0 Å². The fraction of sp³-hybridized carbons (Fsp3) is 0.280. The van der Waals surface area contributed by atoms with Gasteiger partial charge in [-0.2, -0.15) is 0 Å². The van der Waals surface area contributed by atoms with Crippen molar-refractivity contribution in [1.29, 1.82) is 0 Å². The molecule has 6 heteroatoms. The molecule has 0 aliphatic carbocycles. The second-order valence-electron chi connectivity index (χ2n) is 8.09. The minimum atomic E-state index is -0.386. The average Bonchev–Trinajstić information content (AvgIpc) is 3.29. The first-order valence-corrected chi connectivity index (χ1v) is 10.7. The summed E-state index contributed by atoms with van der Waals surface area (Å²) in [5.41, 5.74) is 3.46. The normalized spacial score (nSPS) is 13.5. The maximum Gasteiger partial charge on any atom is 0.323 e. The first-order valence-electron chi connectivity index (χ1n) is 10.7. The zero-order valence-electron chi connectivity index (χ0n) is 17.9. The predicted octanol–water partition coefficient (Wildman–Crippen LogP) is 6.26. The lowest BCUT2D eigenvalue weighted by Crippen LogP contribution is -2.25. The molecule has 31 heavy (non-hydrogen) atoms. The van der Waals surface area contributed by atoms with Gasteiger partial charge in [-0.15, -0.1) is 0 Å². The fourth-order valence-electron chi connectivity index (χ4n) is 3.87. The van der Waals surface area contributed by atoms with E-state index in [1.165, 1.54) is 11.6 Å². The van der Waals surface area contributed by atoms with Gasteiger partial charge in [0.15, 0.2) is 5.82 Å². The first kappa shape index (κ1) is 20.8. The zero-order valence-corrected chi connectivity index (χ0v) is 17.9. The third-order valence-electron chi connectivity index (χ3n) is 5.57. The van der Waals surface area contributed by atoms with Gasteiger partial charge in [-0.25, -0.2) is 14.2 Å². The topological polar surface area (TPSA) is 57.3 Å². The van der Waals surface area contributed by atoms with Crippen LogP contribution in [0, 0.1) is 5.82 Å². The van der Waals surface area contributed by atoms with Crippen LogP contribution in [0.2, 0.25) is 0 Å². The van der Waals surface area contributed by atoms with Crippen molar-refractivity contribution in [3.63, 3.8) is 0 Å². The quantitative estimate of drug-likeness (QED) is 0.514. The monoisotopic (exact) mass is 418 g/mol. The number of nitrogens with one attached hydrogen (secondary N) is 2. The van der Waals surface area contributed by atoms with Gasteiger partial charge in [-0.3, -0.25) is 0 Å². The number of halogens is 1. The van der Waals surface area contributed by atoms with Crippen LogP contribution in [0.5, 0.6) is 0 Å². The van der Waals surface area contributed by atoms with E-state index in [-0.39, 0.29) is 11.8 Å². The SMILES string of the molecule is CC(C)c1ccc(NC(=O)Nc2c(-c3ccccc3F)ccnc2N2CCCC2)cc1. The summed E-state index contributed by atoms with van der Waals surface area (Å²) in [4.78, 5) is 19.5. The molecule has 2 N–H and O–H groups in total. The summed E-state index contributed by atoms with van der Waals surface area (Å²) in [6.07, 6.45) is 3.81. The second kappa shape index (κ2) is 9.16. The van der Waals surface area contributed by atoms with Crippen molar-refractivity contribution in [3.05, 3.63) is 72.2 Å². The molecule has 4 rings (SSSR count). The molecule has 0 saturated carbocycles. The Bertz CT molecular complexity index is 1060. The van der Waals surface area contributed by atoms with Gasteiger partial charge in [-0.1, -0.05) is 44.2 Å². The molecule has 1 aliphatic heterocycles. The first-order chi connectivity index (χ1) is 15.0. The Balaban J connectivity index is 1.65. The third kappa shape index (κ3) is 4.68. The van der Waals surface area contributed by atoms with E-state index in [0.717, 1.165) is 25.9 Å². The summed E-state index contributed by atoms with van der Waals surface area (Å²) in [5, 5.41) is 5.82. The number of hydrogen-bond donors (Lipinski definition) is 2. The fourth-order valence-corrected chi connectivity index (χ4v) is 3.87. The van der Waals surface area contributed by atoms with E-state index in [1.54, 1.807) is 30.5 Å². The van der Waals surface area contributed by atoms with Crippen LogP contribution in [0.25, 0.3) is 11.1 Å². The molecule has 0 spiro atoms. The number of carbonyl (C=O) groups excluding carboxylic acids is 1. The number of benzene rings is 2. The minimum Gasteiger partial charge on any atom is -0.355 e. The molecule has 5 nitrogen and oxygen atoms in total. The lowest BCUT2D eigenvalue weighted by atomic mass is 10.0. The smallest absolute Gasteiger partial charge is 0.323 e. The summed E-state index contributed by atoms with van der Waals surface area (Å²) in [5.74, 6) is 0.752. The summed E-state index contributed by atoms with van der Waals surface area (Å²) in [7, 11) is 0. The Morgan fingerprint density at radius 1 is 0.968 bits per heavy atom. The van der Waals surface area contributed by atoms with E-state index < -0.39 is 0 Å². The van der Waals surface area contributed by atoms with Gasteiger partial charge < -0.3 is 15.5 Å². The molecule has 3 aromatic rings. The van der Waals surface area contributed by atoms with E-state index in [4.69, 9.17) is 0 Å². The second-order valence-corrected chi connectivity index (χ2v) is 8.09. The summed E-state index contributed by atoms with van der Waals surface area (Å²) >= 11 is 0. The number of amides is 2. The molecule has 2 heterocycles. The molecule has 1 saturated heterocycles. The Morgan fingerprint density at radius 3 is 2.35 bits per heavy atom. The molecule has 160 valence electrons. The molecular weight excluding hydrogens is 391 g/mol. The molecule has 1 fully saturated rings. The highest BCUT2D eigenvalue weighted by Gasteiger charge is 2.22. The lowest BCUT2D eigenvalue weighted by molar-refractivity contribution is 0.262. The van der Waals surface area contributed by atoms with Crippen LogP contribution in [0.15, 0.2) is 60.8 Å². The number of rotatable bonds is 5. The van der Waals surface area contributed by atoms with Gasteiger partial charge >= 0.3 is 6.03 Å². The van der Waals surface area contributed by atoms with Crippen molar-refractivity contribution in [1.82, 2.24) is 4.98 Å². The lowest BCUT2D eigenvalue weighted by Gasteiger charge is -2.23. The van der Waals surface area contributed by atoms with Crippen molar-refractivity contribution >= 4 is 23.2 Å². The molecular formula is C25H27FN4O. The van der Waals surface area contributed by atoms with Crippen LogP contribution in [0.1, 0.15) is 38.2 Å². The summed E-state index contributed by atoms with van der Waals surface area (Å²) < 4.78 is 14.6. The number of urea groups is 1. The highest BCUT2D eigenvalue weighted by molar-refractivity contribution is 6.05.